The normalized spacial score (nSPS) is 14.0. The van der Waals surface area contributed by atoms with Crippen LogP contribution in [0, 0.1) is 0 Å². The van der Waals surface area contributed by atoms with Gasteiger partial charge in [-0.25, -0.2) is 0 Å². The lowest BCUT2D eigenvalue weighted by molar-refractivity contribution is -0.160. The first-order valence-corrected chi connectivity index (χ1v) is 12.7. The van der Waals surface area contributed by atoms with Crippen LogP contribution < -0.4 is 21.9 Å². The third-order valence-corrected chi connectivity index (χ3v) is 6.85. The fourth-order valence-electron chi connectivity index (χ4n) is 4.32. The number of hydrogen-bond donors (Lipinski definition) is 4. The van der Waals surface area contributed by atoms with Crippen LogP contribution >= 0.6 is 11.6 Å². The monoisotopic (exact) mass is 562 g/mol. The molecular weight excluding hydrogens is 530 g/mol. The van der Waals surface area contributed by atoms with Crippen molar-refractivity contribution in [1.29, 1.82) is 0 Å². The zero-order valence-corrected chi connectivity index (χ0v) is 22.3. The smallest absolute Gasteiger partial charge is 0.350 e. The number of piperazine rings is 1. The van der Waals surface area contributed by atoms with E-state index in [1.165, 1.54) is 17.0 Å². The third-order valence-electron chi connectivity index (χ3n) is 6.61. The number of carbonyl (C=O) groups excluding carboxylic acids is 1. The molecule has 4 rings (SSSR count). The molecule has 1 fully saturated rings. The SMILES string of the molecule is CN1CCN(C(=O)C(F)(F)c2ccc(NCc3c(NCCc4cccc(Cl)c4)cc[nH]c3=O)c(N)c2)CC1.O. The van der Waals surface area contributed by atoms with Gasteiger partial charge in [0.25, 0.3) is 11.5 Å². The number of nitrogens with one attached hydrogen (secondary N) is 3. The lowest BCUT2D eigenvalue weighted by Gasteiger charge is -2.34. The molecule has 3 aromatic rings. The Kier molecular flexibility index (Phi) is 9.90. The maximum Gasteiger partial charge on any atom is 0.350 e. The fourth-order valence-corrected chi connectivity index (χ4v) is 4.53. The molecule has 1 saturated heterocycles. The van der Waals surface area contributed by atoms with Gasteiger partial charge in [-0.1, -0.05) is 29.8 Å². The highest BCUT2D eigenvalue weighted by atomic mass is 35.5. The first-order valence-electron chi connectivity index (χ1n) is 12.3. The van der Waals surface area contributed by atoms with Crippen molar-refractivity contribution in [3.05, 3.63) is 86.8 Å². The minimum Gasteiger partial charge on any atom is -0.412 e. The number of nitrogen functional groups attached to an aromatic ring is 1. The summed E-state index contributed by atoms with van der Waals surface area (Å²) in [6.07, 6.45) is 2.26. The van der Waals surface area contributed by atoms with E-state index < -0.39 is 17.4 Å². The number of benzene rings is 2. The maximum absolute atomic E-state index is 15.0. The number of alkyl halides is 2. The highest BCUT2D eigenvalue weighted by molar-refractivity contribution is 6.30. The van der Waals surface area contributed by atoms with Crippen molar-refractivity contribution >= 4 is 34.6 Å². The molecule has 39 heavy (non-hydrogen) atoms. The second-order valence-electron chi connectivity index (χ2n) is 9.33. The number of halogens is 3. The van der Waals surface area contributed by atoms with Gasteiger partial charge in [-0.05, 0) is 49.4 Å². The van der Waals surface area contributed by atoms with Crippen LogP contribution in [0.4, 0.5) is 25.8 Å². The van der Waals surface area contributed by atoms with E-state index in [2.05, 4.69) is 15.6 Å². The Labute approximate surface area is 230 Å². The van der Waals surface area contributed by atoms with E-state index in [0.717, 1.165) is 11.6 Å². The number of anilines is 3. The summed E-state index contributed by atoms with van der Waals surface area (Å²) < 4.78 is 30.0. The van der Waals surface area contributed by atoms with Gasteiger partial charge in [-0.3, -0.25) is 9.59 Å². The molecule has 7 N–H and O–H groups in total. The molecule has 1 aliphatic rings. The van der Waals surface area contributed by atoms with Crippen LogP contribution in [0.15, 0.2) is 59.5 Å². The van der Waals surface area contributed by atoms with Gasteiger partial charge in [-0.15, -0.1) is 0 Å². The van der Waals surface area contributed by atoms with Crippen molar-refractivity contribution in [2.45, 2.75) is 18.9 Å². The molecule has 1 amide bonds. The quantitative estimate of drug-likeness (QED) is 0.296. The van der Waals surface area contributed by atoms with Gasteiger partial charge in [0.05, 0.1) is 16.9 Å². The molecule has 0 radical (unpaired) electrons. The summed E-state index contributed by atoms with van der Waals surface area (Å²) in [5.41, 5.74) is 7.89. The van der Waals surface area contributed by atoms with E-state index in [9.17, 15) is 9.59 Å². The molecule has 2 aromatic carbocycles. The number of carbonyl (C=O) groups is 1. The number of aromatic nitrogens is 1. The Morgan fingerprint density at radius 3 is 2.51 bits per heavy atom. The summed E-state index contributed by atoms with van der Waals surface area (Å²) >= 11 is 6.04. The maximum atomic E-state index is 15.0. The van der Waals surface area contributed by atoms with Crippen LogP contribution in [0.3, 0.4) is 0 Å². The highest BCUT2D eigenvalue weighted by Crippen LogP contribution is 2.34. The van der Waals surface area contributed by atoms with Crippen LogP contribution in [-0.4, -0.2) is 65.9 Å². The predicted octanol–water partition coefficient (Wildman–Crippen LogP) is 2.92. The van der Waals surface area contributed by atoms with Crippen LogP contribution in [-0.2, 0) is 23.7 Å². The minimum atomic E-state index is -3.70. The van der Waals surface area contributed by atoms with Crippen LogP contribution in [0.1, 0.15) is 16.7 Å². The largest absolute Gasteiger partial charge is 0.412 e. The highest BCUT2D eigenvalue weighted by Gasteiger charge is 2.44. The van der Waals surface area contributed by atoms with Crippen molar-refractivity contribution in [2.75, 3.05) is 56.1 Å². The number of nitrogens with two attached hydrogens (primary N) is 1. The zero-order chi connectivity index (χ0) is 27.3. The van der Waals surface area contributed by atoms with Gasteiger partial charge >= 0.3 is 5.92 Å². The lowest BCUT2D eigenvalue weighted by atomic mass is 10.0. The van der Waals surface area contributed by atoms with Crippen molar-refractivity contribution in [2.24, 2.45) is 0 Å². The second-order valence-corrected chi connectivity index (χ2v) is 9.77. The fraction of sp³-hybridized carbons (Fsp3) is 0.333. The molecule has 2 heterocycles. The van der Waals surface area contributed by atoms with Gasteiger partial charge in [0.2, 0.25) is 0 Å². The minimum absolute atomic E-state index is 0. The first-order chi connectivity index (χ1) is 18.1. The van der Waals surface area contributed by atoms with E-state index in [4.69, 9.17) is 17.3 Å². The molecule has 9 nitrogen and oxygen atoms in total. The van der Waals surface area contributed by atoms with Gasteiger partial charge in [0.15, 0.2) is 0 Å². The van der Waals surface area contributed by atoms with E-state index in [1.807, 2.05) is 36.2 Å². The Balaban J connectivity index is 0.00000420. The molecule has 12 heteroatoms. The number of nitrogens with zero attached hydrogens (tertiary/aromatic N) is 2. The molecule has 0 bridgehead atoms. The van der Waals surface area contributed by atoms with E-state index in [-0.39, 0.29) is 36.4 Å². The van der Waals surface area contributed by atoms with E-state index in [0.29, 0.717) is 48.0 Å². The molecule has 1 aromatic heterocycles. The summed E-state index contributed by atoms with van der Waals surface area (Å²) in [6.45, 7) is 2.27. The zero-order valence-electron chi connectivity index (χ0n) is 21.6. The van der Waals surface area contributed by atoms with E-state index in [1.54, 1.807) is 12.3 Å². The van der Waals surface area contributed by atoms with Crippen molar-refractivity contribution in [3.63, 3.8) is 0 Å². The molecular formula is C27H33ClF2N6O3. The summed E-state index contributed by atoms with van der Waals surface area (Å²) in [7, 11) is 1.88. The van der Waals surface area contributed by atoms with Crippen molar-refractivity contribution in [3.8, 4) is 0 Å². The Morgan fingerprint density at radius 1 is 1.08 bits per heavy atom. The number of aromatic amines is 1. The molecule has 210 valence electrons. The summed E-state index contributed by atoms with van der Waals surface area (Å²) in [5, 5.41) is 6.98. The van der Waals surface area contributed by atoms with Gasteiger partial charge in [0.1, 0.15) is 0 Å². The molecule has 0 unspecified atom stereocenters. The Bertz CT molecular complexity index is 1350. The van der Waals surface area contributed by atoms with Gasteiger partial charge in [-0.2, -0.15) is 8.78 Å². The molecule has 0 atom stereocenters. The van der Waals surface area contributed by atoms with E-state index >= 15 is 8.78 Å². The number of pyridine rings is 1. The number of rotatable bonds is 9. The molecule has 0 aliphatic carbocycles. The number of amides is 1. The summed E-state index contributed by atoms with van der Waals surface area (Å²) in [5.74, 6) is -4.92. The third kappa shape index (κ3) is 7.25. The Morgan fingerprint density at radius 2 is 1.82 bits per heavy atom. The van der Waals surface area contributed by atoms with Crippen LogP contribution in [0.25, 0.3) is 0 Å². The number of hydrogen-bond acceptors (Lipinski definition) is 6. The molecule has 0 spiro atoms. The van der Waals surface area contributed by atoms with Crippen LogP contribution in [0.5, 0.6) is 0 Å². The molecule has 0 saturated carbocycles. The average Bonchev–Trinajstić information content (AvgIpc) is 2.89. The lowest BCUT2D eigenvalue weighted by Crippen LogP contribution is -2.51. The van der Waals surface area contributed by atoms with Crippen molar-refractivity contribution < 1.29 is 19.1 Å². The van der Waals surface area contributed by atoms with Gasteiger partial charge in [0, 0.05) is 61.7 Å². The predicted molar refractivity (Wildman–Crippen MR) is 150 cm³/mol. The molecule has 1 aliphatic heterocycles. The first kappa shape index (κ1) is 29.9. The van der Waals surface area contributed by atoms with Gasteiger partial charge < -0.3 is 36.6 Å². The summed E-state index contributed by atoms with van der Waals surface area (Å²) in [6, 6.07) is 13.0. The second kappa shape index (κ2) is 12.9. The summed E-state index contributed by atoms with van der Waals surface area (Å²) in [4.78, 5) is 30.9. The van der Waals surface area contributed by atoms with Crippen LogP contribution in [0.2, 0.25) is 5.02 Å². The number of H-pyrrole nitrogens is 1. The van der Waals surface area contributed by atoms with Crippen molar-refractivity contribution in [1.82, 2.24) is 14.8 Å². The average molecular weight is 563 g/mol. The standard InChI is InChI=1S/C27H31ClF2N6O2.H2O/c1-35-11-13-36(14-12-35)26(38)27(29,30)19-5-6-24(22(31)16-19)34-17-21-23(8-10-33-25(21)37)32-9-7-18-3-2-4-20(28)15-18;/h2-6,8,10,15-16,34H,7,9,11-14,17,31H2,1H3,(H2,32,33,37);1H2. The Hall–Kier alpha value is -3.67. The number of likely N-dealkylation sites (N-methyl/N-ethyl adjacent to an activating group) is 1. The topological polar surface area (TPSA) is 138 Å².